The van der Waals surface area contributed by atoms with Crippen molar-refractivity contribution in [3.8, 4) is 0 Å². The summed E-state index contributed by atoms with van der Waals surface area (Å²) in [6.45, 7) is 6.28. The van der Waals surface area contributed by atoms with E-state index in [-0.39, 0.29) is 6.10 Å². The third-order valence-electron chi connectivity index (χ3n) is 6.13. The Morgan fingerprint density at radius 1 is 1.55 bits per heavy atom. The maximum Gasteiger partial charge on any atom is 0.145 e. The predicted octanol–water partition coefficient (Wildman–Crippen LogP) is 5.42. The summed E-state index contributed by atoms with van der Waals surface area (Å²) in [4.78, 5) is 12.9. The van der Waals surface area contributed by atoms with Gasteiger partial charge < -0.3 is 4.74 Å². The summed E-state index contributed by atoms with van der Waals surface area (Å²) in [5.41, 5.74) is 2.72. The van der Waals surface area contributed by atoms with Crippen molar-refractivity contribution >= 4 is 22.2 Å². The van der Waals surface area contributed by atoms with Crippen LogP contribution >= 0.6 is 15.9 Å². The summed E-state index contributed by atoms with van der Waals surface area (Å²) >= 11 is 3.58. The van der Waals surface area contributed by atoms with Gasteiger partial charge in [0.25, 0.3) is 0 Å². The highest BCUT2D eigenvalue weighted by atomic mass is 79.9. The Kier molecular flexibility index (Phi) is 6.46. The van der Waals surface area contributed by atoms with E-state index in [0.29, 0.717) is 17.4 Å². The van der Waals surface area contributed by atoms with Gasteiger partial charge in [0.2, 0.25) is 0 Å². The minimum atomic E-state index is 0.134. The Hall–Kier alpha value is -0.410. The third kappa shape index (κ3) is 3.73. The largest absolute Gasteiger partial charge is 0.381 e. The average molecular weight is 369 g/mol. The van der Waals surface area contributed by atoms with Crippen LogP contribution in [0.3, 0.4) is 0 Å². The zero-order valence-electron chi connectivity index (χ0n) is 13.9. The highest BCUT2D eigenvalue weighted by molar-refractivity contribution is 9.11. The standard InChI is InChI=1S/C19H29BrO2/c1-14(13-21)11-17(22-3)8-6-16-7-9-18-15(12-20)5-4-10-19(16,18)2/h12-13,16-18H,1,4-11H2,2-3H3/b15-12+. The lowest BCUT2D eigenvalue weighted by atomic mass is 9.63. The molecule has 124 valence electrons. The summed E-state index contributed by atoms with van der Waals surface area (Å²) in [5, 5.41) is 0. The maximum atomic E-state index is 10.8. The van der Waals surface area contributed by atoms with Crippen molar-refractivity contribution in [2.75, 3.05) is 7.11 Å². The lowest BCUT2D eigenvalue weighted by Gasteiger charge is -2.42. The number of hydrogen-bond donors (Lipinski definition) is 0. The second-order valence-corrected chi connectivity index (χ2v) is 7.74. The van der Waals surface area contributed by atoms with Gasteiger partial charge in [-0.1, -0.05) is 35.0 Å². The molecule has 0 aliphatic heterocycles. The third-order valence-corrected chi connectivity index (χ3v) is 6.72. The van der Waals surface area contributed by atoms with Crippen molar-refractivity contribution < 1.29 is 9.53 Å². The molecule has 22 heavy (non-hydrogen) atoms. The van der Waals surface area contributed by atoms with Crippen molar-refractivity contribution in [3.63, 3.8) is 0 Å². The van der Waals surface area contributed by atoms with Crippen LogP contribution in [0.25, 0.3) is 0 Å². The molecule has 0 bridgehead atoms. The molecule has 2 aliphatic rings. The van der Waals surface area contributed by atoms with E-state index in [2.05, 4.69) is 34.4 Å². The molecule has 0 aromatic carbocycles. The fourth-order valence-corrected chi connectivity index (χ4v) is 5.33. The molecule has 2 rings (SSSR count). The monoisotopic (exact) mass is 368 g/mol. The second-order valence-electron chi connectivity index (χ2n) is 7.29. The number of rotatable bonds is 7. The molecule has 0 N–H and O–H groups in total. The van der Waals surface area contributed by atoms with E-state index in [4.69, 9.17) is 4.74 Å². The minimum absolute atomic E-state index is 0.134. The van der Waals surface area contributed by atoms with Gasteiger partial charge in [-0.3, -0.25) is 4.79 Å². The average Bonchev–Trinajstić information content (AvgIpc) is 2.87. The Bertz CT molecular complexity index is 443. The van der Waals surface area contributed by atoms with Crippen LogP contribution in [0.5, 0.6) is 0 Å². The minimum Gasteiger partial charge on any atom is -0.381 e. The first-order valence-corrected chi connectivity index (χ1v) is 9.41. The molecule has 0 aromatic heterocycles. The van der Waals surface area contributed by atoms with Crippen molar-refractivity contribution in [2.45, 2.75) is 64.4 Å². The fraction of sp³-hybridized carbons (Fsp3) is 0.737. The number of carbonyl (C=O) groups excluding carboxylic acids is 1. The molecule has 3 heteroatoms. The number of halogens is 1. The molecule has 2 nitrogen and oxygen atoms in total. The number of hydrogen-bond acceptors (Lipinski definition) is 2. The topological polar surface area (TPSA) is 26.3 Å². The van der Waals surface area contributed by atoms with Crippen molar-refractivity contribution in [1.82, 2.24) is 0 Å². The number of methoxy groups -OCH3 is 1. The van der Waals surface area contributed by atoms with E-state index in [9.17, 15) is 4.79 Å². The first kappa shape index (κ1) is 17.9. The maximum absolute atomic E-state index is 10.8. The molecule has 2 saturated carbocycles. The van der Waals surface area contributed by atoms with Gasteiger partial charge in [0, 0.05) is 13.5 Å². The van der Waals surface area contributed by atoms with Gasteiger partial charge in [-0.25, -0.2) is 0 Å². The van der Waals surface area contributed by atoms with E-state index in [0.717, 1.165) is 24.5 Å². The molecule has 0 heterocycles. The van der Waals surface area contributed by atoms with Gasteiger partial charge in [0.1, 0.15) is 6.29 Å². The molecule has 2 aliphatic carbocycles. The Balaban J connectivity index is 1.96. The van der Waals surface area contributed by atoms with E-state index in [1.54, 1.807) is 12.7 Å². The highest BCUT2D eigenvalue weighted by Crippen LogP contribution is 2.58. The zero-order valence-corrected chi connectivity index (χ0v) is 15.5. The normalized spacial score (nSPS) is 34.4. The molecular formula is C19H29BrO2. The molecule has 2 fully saturated rings. The van der Waals surface area contributed by atoms with E-state index >= 15 is 0 Å². The Morgan fingerprint density at radius 2 is 2.32 bits per heavy atom. The quantitative estimate of drug-likeness (QED) is 0.442. The summed E-state index contributed by atoms with van der Waals surface area (Å²) in [5.74, 6) is 1.54. The van der Waals surface area contributed by atoms with Gasteiger partial charge >= 0.3 is 0 Å². The molecule has 0 aromatic rings. The van der Waals surface area contributed by atoms with Crippen molar-refractivity contribution in [2.24, 2.45) is 17.3 Å². The van der Waals surface area contributed by atoms with Gasteiger partial charge in [-0.05, 0) is 72.8 Å². The number of ether oxygens (including phenoxy) is 1. The Morgan fingerprint density at radius 3 is 2.95 bits per heavy atom. The summed E-state index contributed by atoms with van der Waals surface area (Å²) in [6, 6.07) is 0. The van der Waals surface area contributed by atoms with Crippen molar-refractivity contribution in [3.05, 3.63) is 22.7 Å². The summed E-state index contributed by atoms with van der Waals surface area (Å²) in [6.07, 6.45) is 10.5. The fourth-order valence-electron chi connectivity index (χ4n) is 4.78. The van der Waals surface area contributed by atoms with Crippen LogP contribution in [-0.4, -0.2) is 19.5 Å². The second kappa shape index (κ2) is 7.92. The van der Waals surface area contributed by atoms with Crippen LogP contribution in [-0.2, 0) is 9.53 Å². The van der Waals surface area contributed by atoms with Gasteiger partial charge in [-0.15, -0.1) is 0 Å². The molecule has 0 amide bonds. The molecular weight excluding hydrogens is 340 g/mol. The van der Waals surface area contributed by atoms with Gasteiger partial charge in [-0.2, -0.15) is 0 Å². The highest BCUT2D eigenvalue weighted by Gasteiger charge is 2.48. The van der Waals surface area contributed by atoms with Gasteiger partial charge in [0.15, 0.2) is 0 Å². The smallest absolute Gasteiger partial charge is 0.145 e. The number of fused-ring (bicyclic) bond motifs is 1. The number of aldehydes is 1. The first-order chi connectivity index (χ1) is 10.5. The Labute approximate surface area is 143 Å². The van der Waals surface area contributed by atoms with Gasteiger partial charge in [0.05, 0.1) is 6.10 Å². The molecule has 0 saturated heterocycles. The lowest BCUT2D eigenvalue weighted by Crippen LogP contribution is -2.33. The number of carbonyl (C=O) groups is 1. The molecule has 4 atom stereocenters. The molecule has 4 unspecified atom stereocenters. The van der Waals surface area contributed by atoms with Crippen LogP contribution in [0, 0.1) is 17.3 Å². The van der Waals surface area contributed by atoms with E-state index < -0.39 is 0 Å². The summed E-state index contributed by atoms with van der Waals surface area (Å²) < 4.78 is 5.56. The van der Waals surface area contributed by atoms with Crippen LogP contribution in [0.1, 0.15) is 58.3 Å². The zero-order chi connectivity index (χ0) is 16.2. The van der Waals surface area contributed by atoms with Crippen LogP contribution in [0.4, 0.5) is 0 Å². The SMILES string of the molecule is C=C(C=O)CC(CCC1CCC2/C(=C/Br)CCCC12C)OC. The summed E-state index contributed by atoms with van der Waals surface area (Å²) in [7, 11) is 1.74. The van der Waals surface area contributed by atoms with Crippen LogP contribution in [0.15, 0.2) is 22.7 Å². The predicted molar refractivity (Wildman–Crippen MR) is 95.0 cm³/mol. The van der Waals surface area contributed by atoms with Crippen molar-refractivity contribution in [1.29, 1.82) is 0 Å². The van der Waals surface area contributed by atoms with Crippen LogP contribution < -0.4 is 0 Å². The first-order valence-electron chi connectivity index (χ1n) is 8.50. The molecule has 0 radical (unpaired) electrons. The van der Waals surface area contributed by atoms with Crippen LogP contribution in [0.2, 0.25) is 0 Å². The van der Waals surface area contributed by atoms with E-state index in [1.807, 2.05) is 0 Å². The van der Waals surface area contributed by atoms with E-state index in [1.165, 1.54) is 38.5 Å². The lowest BCUT2D eigenvalue weighted by molar-refractivity contribution is -0.105. The molecule has 0 spiro atoms. The number of allylic oxidation sites excluding steroid dienone is 1.